The molecule has 24 heavy (non-hydrogen) atoms. The van der Waals surface area contributed by atoms with E-state index >= 15 is 0 Å². The number of nitrogens with one attached hydrogen (secondary N) is 1. The Morgan fingerprint density at radius 1 is 1.12 bits per heavy atom. The number of phenolic OH excluding ortho intramolecular Hbond substituents is 1. The van der Waals surface area contributed by atoms with E-state index in [0.717, 1.165) is 0 Å². The van der Waals surface area contributed by atoms with Crippen LogP contribution in [0, 0.1) is 0 Å². The molecule has 1 aliphatic heterocycles. The van der Waals surface area contributed by atoms with Gasteiger partial charge in [-0.2, -0.15) is 0 Å². The van der Waals surface area contributed by atoms with Crippen molar-refractivity contribution in [3.05, 3.63) is 28.8 Å². The number of carbonyl (C=O) groups is 3. The molecule has 0 atom stereocenters. The molecule has 8 heteroatoms. The zero-order valence-electron chi connectivity index (χ0n) is 13.6. The van der Waals surface area contributed by atoms with Crippen molar-refractivity contribution in [2.75, 3.05) is 26.2 Å². The molecule has 1 fully saturated rings. The minimum atomic E-state index is -0.641. The van der Waals surface area contributed by atoms with Crippen molar-refractivity contribution in [2.24, 2.45) is 0 Å². The van der Waals surface area contributed by atoms with E-state index in [0.29, 0.717) is 5.02 Å². The summed E-state index contributed by atoms with van der Waals surface area (Å²) in [5.74, 6) is -1.73. The average Bonchev–Trinajstić information content (AvgIpc) is 2.55. The van der Waals surface area contributed by atoms with Gasteiger partial charge < -0.3 is 20.2 Å². The molecule has 7 nitrogen and oxygen atoms in total. The smallest absolute Gasteiger partial charge is 0.312 e. The van der Waals surface area contributed by atoms with Crippen LogP contribution in [-0.4, -0.2) is 64.8 Å². The summed E-state index contributed by atoms with van der Waals surface area (Å²) in [6.45, 7) is 4.64. The van der Waals surface area contributed by atoms with Gasteiger partial charge in [-0.1, -0.05) is 11.6 Å². The second-order valence-electron chi connectivity index (χ2n) is 5.87. The first-order valence-electron chi connectivity index (χ1n) is 7.67. The second kappa shape index (κ2) is 7.53. The van der Waals surface area contributed by atoms with Gasteiger partial charge in [-0.15, -0.1) is 0 Å². The van der Waals surface area contributed by atoms with Crippen LogP contribution in [0.4, 0.5) is 0 Å². The fraction of sp³-hybridized carbons (Fsp3) is 0.438. The lowest BCUT2D eigenvalue weighted by Crippen LogP contribution is -2.54. The van der Waals surface area contributed by atoms with Crippen molar-refractivity contribution in [3.63, 3.8) is 0 Å². The van der Waals surface area contributed by atoms with Crippen LogP contribution in [0.3, 0.4) is 0 Å². The van der Waals surface area contributed by atoms with Crippen LogP contribution < -0.4 is 5.32 Å². The van der Waals surface area contributed by atoms with E-state index in [-0.39, 0.29) is 49.4 Å². The number of amides is 3. The topological polar surface area (TPSA) is 90.0 Å². The molecule has 0 saturated carbocycles. The highest BCUT2D eigenvalue weighted by Crippen LogP contribution is 2.23. The number of rotatable bonds is 2. The minimum absolute atomic E-state index is 0.116. The Morgan fingerprint density at radius 3 is 2.29 bits per heavy atom. The predicted octanol–water partition coefficient (Wildman–Crippen LogP) is 0.855. The Morgan fingerprint density at radius 2 is 1.71 bits per heavy atom. The van der Waals surface area contributed by atoms with Crippen molar-refractivity contribution >= 4 is 29.3 Å². The molecule has 3 amide bonds. The predicted molar refractivity (Wildman–Crippen MR) is 88.9 cm³/mol. The first-order valence-corrected chi connectivity index (χ1v) is 8.05. The van der Waals surface area contributed by atoms with Gasteiger partial charge in [-0.3, -0.25) is 14.4 Å². The van der Waals surface area contributed by atoms with Crippen LogP contribution in [0.25, 0.3) is 0 Å². The van der Waals surface area contributed by atoms with Gasteiger partial charge in [0, 0.05) is 37.2 Å². The van der Waals surface area contributed by atoms with Crippen molar-refractivity contribution in [3.8, 4) is 5.75 Å². The lowest BCUT2D eigenvalue weighted by Gasteiger charge is -2.34. The fourth-order valence-corrected chi connectivity index (χ4v) is 2.60. The third-order valence-corrected chi connectivity index (χ3v) is 3.89. The van der Waals surface area contributed by atoms with Gasteiger partial charge in [-0.05, 0) is 32.0 Å². The molecule has 2 rings (SSSR count). The summed E-state index contributed by atoms with van der Waals surface area (Å²) in [6.07, 6.45) is 0. The number of hydrogen-bond donors (Lipinski definition) is 2. The maximum absolute atomic E-state index is 12.5. The number of benzene rings is 1. The summed E-state index contributed by atoms with van der Waals surface area (Å²) in [7, 11) is 0. The quantitative estimate of drug-likeness (QED) is 0.771. The van der Waals surface area contributed by atoms with Crippen LogP contribution in [-0.2, 0) is 9.59 Å². The molecule has 0 aromatic heterocycles. The summed E-state index contributed by atoms with van der Waals surface area (Å²) in [5, 5.41) is 12.7. The van der Waals surface area contributed by atoms with Crippen molar-refractivity contribution < 1.29 is 19.5 Å². The Bertz CT molecular complexity index is 655. The number of nitrogens with zero attached hydrogens (tertiary/aromatic N) is 2. The largest absolute Gasteiger partial charge is 0.507 e. The van der Waals surface area contributed by atoms with Crippen molar-refractivity contribution in [1.82, 2.24) is 15.1 Å². The Balaban J connectivity index is 1.97. The molecule has 1 heterocycles. The highest BCUT2D eigenvalue weighted by atomic mass is 35.5. The van der Waals surface area contributed by atoms with Gasteiger partial charge in [-0.25, -0.2) is 0 Å². The molecule has 2 N–H and O–H groups in total. The SMILES string of the molecule is CC(C)NC(=O)C(=O)N1CCN(C(=O)c2cc(Cl)ccc2O)CC1. The van der Waals surface area contributed by atoms with E-state index in [1.54, 1.807) is 13.8 Å². The summed E-state index contributed by atoms with van der Waals surface area (Å²) in [5.41, 5.74) is 0.125. The van der Waals surface area contributed by atoms with Gasteiger partial charge in [0.2, 0.25) is 0 Å². The van der Waals surface area contributed by atoms with E-state index in [4.69, 9.17) is 11.6 Å². The van der Waals surface area contributed by atoms with Gasteiger partial charge in [0.1, 0.15) is 5.75 Å². The molecule has 1 aromatic carbocycles. The molecule has 1 aromatic rings. The summed E-state index contributed by atoms with van der Waals surface area (Å²) in [4.78, 5) is 39.2. The van der Waals surface area contributed by atoms with E-state index < -0.39 is 11.8 Å². The maximum atomic E-state index is 12.5. The van der Waals surface area contributed by atoms with Crippen LogP contribution >= 0.6 is 11.6 Å². The van der Waals surface area contributed by atoms with Crippen molar-refractivity contribution in [2.45, 2.75) is 19.9 Å². The zero-order valence-corrected chi connectivity index (χ0v) is 14.3. The monoisotopic (exact) mass is 353 g/mol. The average molecular weight is 354 g/mol. The van der Waals surface area contributed by atoms with E-state index in [1.807, 2.05) is 0 Å². The third-order valence-electron chi connectivity index (χ3n) is 3.66. The number of hydrogen-bond acceptors (Lipinski definition) is 4. The van der Waals surface area contributed by atoms with Crippen LogP contribution in [0.5, 0.6) is 5.75 Å². The lowest BCUT2D eigenvalue weighted by molar-refractivity contribution is -0.147. The standard InChI is InChI=1S/C16H20ClN3O4/c1-10(2)18-14(22)16(24)20-7-5-19(6-8-20)15(23)12-9-11(17)3-4-13(12)21/h3-4,9-10,21H,5-8H2,1-2H3,(H,18,22). The van der Waals surface area contributed by atoms with Gasteiger partial charge >= 0.3 is 11.8 Å². The molecular formula is C16H20ClN3O4. The number of halogens is 1. The number of aromatic hydroxyl groups is 1. The normalized spacial score (nSPS) is 14.7. The Labute approximate surface area is 145 Å². The maximum Gasteiger partial charge on any atom is 0.312 e. The highest BCUT2D eigenvalue weighted by molar-refractivity contribution is 6.35. The van der Waals surface area contributed by atoms with Gasteiger partial charge in [0.25, 0.3) is 5.91 Å². The molecule has 0 aliphatic carbocycles. The molecule has 0 unspecified atom stereocenters. The fourth-order valence-electron chi connectivity index (χ4n) is 2.43. The van der Waals surface area contributed by atoms with Crippen LogP contribution in [0.15, 0.2) is 18.2 Å². The zero-order chi connectivity index (χ0) is 17.9. The molecule has 1 aliphatic rings. The molecule has 0 bridgehead atoms. The number of piperazine rings is 1. The molecule has 0 spiro atoms. The number of phenols is 1. The lowest BCUT2D eigenvalue weighted by atomic mass is 10.1. The van der Waals surface area contributed by atoms with Gasteiger partial charge in [0.15, 0.2) is 0 Å². The van der Waals surface area contributed by atoms with Crippen LogP contribution in [0.2, 0.25) is 5.02 Å². The Hall–Kier alpha value is -2.28. The van der Waals surface area contributed by atoms with Gasteiger partial charge in [0.05, 0.1) is 5.56 Å². The summed E-state index contributed by atoms with van der Waals surface area (Å²) >= 11 is 5.86. The summed E-state index contributed by atoms with van der Waals surface area (Å²) < 4.78 is 0. The second-order valence-corrected chi connectivity index (χ2v) is 6.31. The Kier molecular flexibility index (Phi) is 5.66. The molecule has 1 saturated heterocycles. The molecule has 0 radical (unpaired) electrons. The highest BCUT2D eigenvalue weighted by Gasteiger charge is 2.29. The summed E-state index contributed by atoms with van der Waals surface area (Å²) in [6, 6.07) is 4.16. The first-order chi connectivity index (χ1) is 11.3. The van der Waals surface area contributed by atoms with Crippen LogP contribution in [0.1, 0.15) is 24.2 Å². The van der Waals surface area contributed by atoms with Crippen molar-refractivity contribution in [1.29, 1.82) is 0 Å². The van der Waals surface area contributed by atoms with E-state index in [2.05, 4.69) is 5.32 Å². The van der Waals surface area contributed by atoms with E-state index in [1.165, 1.54) is 28.0 Å². The number of carbonyl (C=O) groups excluding carboxylic acids is 3. The third kappa shape index (κ3) is 4.17. The first kappa shape index (κ1) is 18.1. The molecular weight excluding hydrogens is 334 g/mol. The van der Waals surface area contributed by atoms with E-state index in [9.17, 15) is 19.5 Å². The molecule has 130 valence electrons. The minimum Gasteiger partial charge on any atom is -0.507 e.